The average molecular weight is 549 g/mol. The third-order valence-electron chi connectivity index (χ3n) is 7.24. The van der Waals surface area contributed by atoms with Crippen LogP contribution in [0.2, 0.25) is 0 Å². The largest absolute Gasteiger partial charge is 0.398 e. The number of nitrogens with one attached hydrogen (secondary N) is 3. The van der Waals surface area contributed by atoms with Crippen LogP contribution in [0.25, 0.3) is 0 Å². The zero-order valence-corrected chi connectivity index (χ0v) is 22.2. The van der Waals surface area contributed by atoms with Crippen molar-refractivity contribution in [3.8, 4) is 0 Å². The lowest BCUT2D eigenvalue weighted by molar-refractivity contribution is 0.0904. The van der Waals surface area contributed by atoms with Gasteiger partial charge < -0.3 is 32.2 Å². The van der Waals surface area contributed by atoms with Gasteiger partial charge in [0.1, 0.15) is 17.5 Å². The first kappa shape index (κ1) is 27.5. The van der Waals surface area contributed by atoms with Gasteiger partial charge in [-0.1, -0.05) is 6.07 Å². The molecule has 2 aliphatic rings. The Bertz CT molecular complexity index is 1380. The maximum atomic E-state index is 13.7. The number of aliphatic imine (C=N–C) groups is 1. The summed E-state index contributed by atoms with van der Waals surface area (Å²) in [6.45, 7) is 4.16. The van der Waals surface area contributed by atoms with Gasteiger partial charge >= 0.3 is 0 Å². The van der Waals surface area contributed by atoms with Gasteiger partial charge in [0.15, 0.2) is 0 Å². The molecule has 2 fully saturated rings. The van der Waals surface area contributed by atoms with Crippen LogP contribution in [0, 0.1) is 17.6 Å². The van der Waals surface area contributed by atoms with E-state index in [9.17, 15) is 13.6 Å². The minimum Gasteiger partial charge on any atom is -0.398 e. The highest BCUT2D eigenvalue weighted by molar-refractivity contribution is 6.12. The number of amidine groups is 1. The fraction of sp³-hybridized carbons (Fsp3) is 0.333. The van der Waals surface area contributed by atoms with Gasteiger partial charge in [-0.15, -0.1) is 0 Å². The molecule has 0 saturated carbocycles. The molecule has 2 heterocycles. The molecule has 0 unspecified atom stereocenters. The number of benzene rings is 3. The number of rotatable bonds is 9. The number of nitrogens with zero attached hydrogens (tertiary/aromatic N) is 1. The van der Waals surface area contributed by atoms with Gasteiger partial charge in [-0.3, -0.25) is 4.79 Å². The van der Waals surface area contributed by atoms with E-state index in [1.165, 1.54) is 12.1 Å². The Morgan fingerprint density at radius 3 is 2.42 bits per heavy atom. The first-order chi connectivity index (χ1) is 19.3. The van der Waals surface area contributed by atoms with E-state index in [1.807, 2.05) is 12.1 Å². The highest BCUT2D eigenvalue weighted by Gasteiger charge is 2.20. The van der Waals surface area contributed by atoms with Gasteiger partial charge in [-0.2, -0.15) is 4.99 Å². The quantitative estimate of drug-likeness (QED) is 0.156. The molecule has 40 heavy (non-hydrogen) atoms. The Morgan fingerprint density at radius 2 is 1.73 bits per heavy atom. The number of hydrogen-bond acceptors (Lipinski definition) is 6. The van der Waals surface area contributed by atoms with E-state index >= 15 is 0 Å². The number of nitrogens with two attached hydrogens (primary N) is 2. The highest BCUT2D eigenvalue weighted by atomic mass is 19.1. The normalized spacial score (nSPS) is 16.4. The van der Waals surface area contributed by atoms with Crippen LogP contribution in [-0.2, 0) is 11.2 Å². The molecule has 0 spiro atoms. The third-order valence-corrected chi connectivity index (χ3v) is 7.24. The Morgan fingerprint density at radius 1 is 0.975 bits per heavy atom. The van der Waals surface area contributed by atoms with Crippen molar-refractivity contribution >= 4 is 28.8 Å². The maximum Gasteiger partial charge on any atom is 0.281 e. The van der Waals surface area contributed by atoms with E-state index in [0.29, 0.717) is 47.2 Å². The second-order valence-electron chi connectivity index (χ2n) is 10.4. The molecule has 0 radical (unpaired) electrons. The van der Waals surface area contributed by atoms with E-state index in [1.54, 1.807) is 24.3 Å². The second-order valence-corrected chi connectivity index (χ2v) is 10.4. The van der Waals surface area contributed by atoms with Gasteiger partial charge in [0.25, 0.3) is 5.91 Å². The number of halogens is 2. The number of ether oxygens (including phenoxy) is 1. The molecular formula is C30H34F2N6O2. The summed E-state index contributed by atoms with van der Waals surface area (Å²) in [5.41, 5.74) is 16.4. The number of amides is 1. The Hall–Kier alpha value is -4.02. The number of hydrogen-bond donors (Lipinski definition) is 5. The van der Waals surface area contributed by atoms with Crippen molar-refractivity contribution in [2.24, 2.45) is 16.6 Å². The molecule has 10 heteroatoms. The standard InChI is InChI=1S/C30H34F2N6O2/c31-21-10-19(11-22(32)13-21)9-18-1-4-27(33)26(12-18)29(34)38-30(39)25-3-2-24(36-17-20-15-35-16-20)14-28(25)37-23-5-7-40-8-6-23/h1-4,10-14,20,23,35-37H,5-9,15-17,33H2,(H2,34,38,39). The average Bonchev–Trinajstić information content (AvgIpc) is 2.89. The van der Waals surface area contributed by atoms with E-state index < -0.39 is 17.5 Å². The molecule has 7 N–H and O–H groups in total. The van der Waals surface area contributed by atoms with Crippen molar-refractivity contribution in [2.45, 2.75) is 25.3 Å². The highest BCUT2D eigenvalue weighted by Crippen LogP contribution is 2.26. The summed E-state index contributed by atoms with van der Waals surface area (Å²) in [6.07, 6.45) is 1.93. The number of carbonyl (C=O) groups excluding carboxylic acids is 1. The van der Waals surface area contributed by atoms with Crippen LogP contribution in [0.15, 0.2) is 59.6 Å². The minimum absolute atomic E-state index is 0.0357. The predicted molar refractivity (Wildman–Crippen MR) is 154 cm³/mol. The smallest absolute Gasteiger partial charge is 0.281 e. The molecule has 210 valence electrons. The van der Waals surface area contributed by atoms with Crippen LogP contribution in [-0.4, -0.2) is 50.6 Å². The molecule has 3 aromatic rings. The van der Waals surface area contributed by atoms with Crippen molar-refractivity contribution in [1.29, 1.82) is 0 Å². The Balaban J connectivity index is 1.38. The molecule has 3 aromatic carbocycles. The lowest BCUT2D eigenvalue weighted by Gasteiger charge is -2.28. The van der Waals surface area contributed by atoms with Gasteiger partial charge in [-0.25, -0.2) is 8.78 Å². The van der Waals surface area contributed by atoms with E-state index in [-0.39, 0.29) is 18.3 Å². The van der Waals surface area contributed by atoms with Gasteiger partial charge in [0.05, 0.1) is 5.56 Å². The van der Waals surface area contributed by atoms with Crippen LogP contribution in [0.1, 0.15) is 39.9 Å². The minimum atomic E-state index is -0.649. The van der Waals surface area contributed by atoms with Crippen LogP contribution in [0.3, 0.4) is 0 Å². The summed E-state index contributed by atoms with van der Waals surface area (Å²) in [5, 5.41) is 10.2. The van der Waals surface area contributed by atoms with Crippen LogP contribution in [0.4, 0.5) is 25.8 Å². The summed E-state index contributed by atoms with van der Waals surface area (Å²) in [7, 11) is 0. The molecule has 0 aromatic heterocycles. The number of anilines is 3. The first-order valence-corrected chi connectivity index (χ1v) is 13.5. The number of carbonyl (C=O) groups is 1. The maximum absolute atomic E-state index is 13.7. The van der Waals surface area contributed by atoms with Crippen molar-refractivity contribution < 1.29 is 18.3 Å². The van der Waals surface area contributed by atoms with Crippen LogP contribution >= 0.6 is 0 Å². The van der Waals surface area contributed by atoms with E-state index in [0.717, 1.165) is 49.8 Å². The molecule has 0 aliphatic carbocycles. The molecule has 8 nitrogen and oxygen atoms in total. The third kappa shape index (κ3) is 6.94. The monoisotopic (exact) mass is 548 g/mol. The fourth-order valence-corrected chi connectivity index (χ4v) is 4.89. The van der Waals surface area contributed by atoms with Crippen LogP contribution in [0.5, 0.6) is 0 Å². The zero-order chi connectivity index (χ0) is 28.1. The zero-order valence-electron chi connectivity index (χ0n) is 22.2. The van der Waals surface area contributed by atoms with Gasteiger partial charge in [-0.05, 0) is 72.9 Å². The Labute approximate surface area is 232 Å². The summed E-state index contributed by atoms with van der Waals surface area (Å²) < 4.78 is 32.8. The molecule has 0 atom stereocenters. The molecule has 1 amide bonds. The van der Waals surface area contributed by atoms with Crippen LogP contribution < -0.4 is 27.4 Å². The summed E-state index contributed by atoms with van der Waals surface area (Å²) in [6, 6.07) is 14.2. The van der Waals surface area contributed by atoms with Gasteiger partial charge in [0.2, 0.25) is 0 Å². The van der Waals surface area contributed by atoms with Crippen molar-refractivity contribution in [2.75, 3.05) is 49.2 Å². The van der Waals surface area contributed by atoms with Crippen molar-refractivity contribution in [3.05, 3.63) is 88.5 Å². The lowest BCUT2D eigenvalue weighted by atomic mass is 10.0. The summed E-state index contributed by atoms with van der Waals surface area (Å²) in [4.78, 5) is 17.6. The molecule has 5 rings (SSSR count). The van der Waals surface area contributed by atoms with Crippen molar-refractivity contribution in [1.82, 2.24) is 5.32 Å². The molecule has 2 saturated heterocycles. The van der Waals surface area contributed by atoms with E-state index in [2.05, 4.69) is 20.9 Å². The van der Waals surface area contributed by atoms with Crippen molar-refractivity contribution in [3.63, 3.8) is 0 Å². The fourth-order valence-electron chi connectivity index (χ4n) is 4.89. The molecule has 0 bridgehead atoms. The lowest BCUT2D eigenvalue weighted by Crippen LogP contribution is -2.45. The second kappa shape index (κ2) is 12.4. The summed E-state index contributed by atoms with van der Waals surface area (Å²) >= 11 is 0. The SMILES string of the molecule is NC(=NC(=O)c1ccc(NCC2CNC2)cc1NC1CCOCC1)c1cc(Cc2cc(F)cc(F)c2)ccc1N. The van der Waals surface area contributed by atoms with E-state index in [4.69, 9.17) is 16.2 Å². The van der Waals surface area contributed by atoms with Gasteiger partial charge in [0, 0.05) is 73.5 Å². The first-order valence-electron chi connectivity index (χ1n) is 13.5. The molecule has 2 aliphatic heterocycles. The topological polar surface area (TPSA) is 127 Å². The predicted octanol–water partition coefficient (Wildman–Crippen LogP) is 3.91. The Kier molecular flexibility index (Phi) is 8.57. The summed E-state index contributed by atoms with van der Waals surface area (Å²) in [5.74, 6) is -1.25. The molecular weight excluding hydrogens is 514 g/mol. The number of nitrogen functional groups attached to an aromatic ring is 1.